The Labute approximate surface area is 196 Å². The lowest BCUT2D eigenvalue weighted by Gasteiger charge is -2.19. The lowest BCUT2D eigenvalue weighted by Crippen LogP contribution is -2.44. The summed E-state index contributed by atoms with van der Waals surface area (Å²) in [5.41, 5.74) is 3.64. The molecular formula is C25H25N3O6. The normalized spacial score (nSPS) is 21.8. The summed E-state index contributed by atoms with van der Waals surface area (Å²) in [6.07, 6.45) is -0.117. The third-order valence-electron chi connectivity index (χ3n) is 7.10. The number of aliphatic carboxylic acids is 1. The number of nitrogens with zero attached hydrogens (tertiary/aromatic N) is 1. The van der Waals surface area contributed by atoms with Crippen LogP contribution in [-0.2, 0) is 19.1 Å². The molecule has 5 rings (SSSR count). The SMILES string of the molecule is O=C(CNC(=O)OCC1c2ccccc2-c2ccccc21)NCC(=O)N1CC2CC2(C(=O)O)C1. The van der Waals surface area contributed by atoms with Crippen molar-refractivity contribution in [2.24, 2.45) is 11.3 Å². The van der Waals surface area contributed by atoms with E-state index in [0.717, 1.165) is 22.3 Å². The fourth-order valence-corrected chi connectivity index (χ4v) is 5.15. The largest absolute Gasteiger partial charge is 0.481 e. The monoisotopic (exact) mass is 463 g/mol. The number of likely N-dealkylation sites (tertiary alicyclic amines) is 1. The van der Waals surface area contributed by atoms with Crippen molar-refractivity contribution in [1.82, 2.24) is 15.5 Å². The van der Waals surface area contributed by atoms with E-state index in [-0.39, 0.29) is 44.0 Å². The molecule has 1 saturated heterocycles. The molecular weight excluding hydrogens is 438 g/mol. The number of amides is 3. The molecule has 2 fully saturated rings. The van der Waals surface area contributed by atoms with Gasteiger partial charge in [0.2, 0.25) is 11.8 Å². The van der Waals surface area contributed by atoms with E-state index in [0.29, 0.717) is 13.0 Å². The Balaban J connectivity index is 1.06. The average Bonchev–Trinajstić information content (AvgIpc) is 3.27. The van der Waals surface area contributed by atoms with E-state index in [9.17, 15) is 24.3 Å². The highest BCUT2D eigenvalue weighted by molar-refractivity contribution is 5.89. The maximum absolute atomic E-state index is 12.3. The molecule has 2 atom stereocenters. The van der Waals surface area contributed by atoms with Crippen molar-refractivity contribution in [1.29, 1.82) is 0 Å². The Morgan fingerprint density at radius 3 is 2.24 bits per heavy atom. The van der Waals surface area contributed by atoms with Crippen molar-refractivity contribution in [3.8, 4) is 11.1 Å². The molecule has 2 unspecified atom stereocenters. The molecule has 176 valence electrons. The van der Waals surface area contributed by atoms with E-state index in [1.807, 2.05) is 48.5 Å². The number of hydrogen-bond acceptors (Lipinski definition) is 5. The van der Waals surface area contributed by atoms with E-state index in [1.165, 1.54) is 4.90 Å². The number of nitrogens with one attached hydrogen (secondary N) is 2. The van der Waals surface area contributed by atoms with E-state index in [1.54, 1.807) is 0 Å². The van der Waals surface area contributed by atoms with Crippen LogP contribution in [0.1, 0.15) is 23.5 Å². The summed E-state index contributed by atoms with van der Waals surface area (Å²) in [7, 11) is 0. The van der Waals surface area contributed by atoms with Crippen LogP contribution in [0.5, 0.6) is 0 Å². The Hall–Kier alpha value is -3.88. The van der Waals surface area contributed by atoms with Crippen LogP contribution in [0.15, 0.2) is 48.5 Å². The minimum atomic E-state index is -0.871. The minimum Gasteiger partial charge on any atom is -0.481 e. The minimum absolute atomic E-state index is 0.000105. The summed E-state index contributed by atoms with van der Waals surface area (Å²) >= 11 is 0. The Morgan fingerprint density at radius 1 is 0.971 bits per heavy atom. The lowest BCUT2D eigenvalue weighted by atomic mass is 9.98. The molecule has 9 nitrogen and oxygen atoms in total. The van der Waals surface area contributed by atoms with Gasteiger partial charge in [-0.05, 0) is 34.6 Å². The summed E-state index contributed by atoms with van der Waals surface area (Å²) < 4.78 is 5.39. The molecule has 3 aliphatic rings. The van der Waals surface area contributed by atoms with Gasteiger partial charge in [-0.2, -0.15) is 0 Å². The Kier molecular flexibility index (Phi) is 5.47. The second-order valence-corrected chi connectivity index (χ2v) is 9.09. The van der Waals surface area contributed by atoms with Gasteiger partial charge >= 0.3 is 12.1 Å². The van der Waals surface area contributed by atoms with Crippen LogP contribution < -0.4 is 10.6 Å². The van der Waals surface area contributed by atoms with Crippen LogP contribution in [0.2, 0.25) is 0 Å². The van der Waals surface area contributed by atoms with Crippen LogP contribution in [-0.4, -0.2) is 66.7 Å². The van der Waals surface area contributed by atoms with Crippen molar-refractivity contribution in [3.05, 3.63) is 59.7 Å². The zero-order valence-electron chi connectivity index (χ0n) is 18.5. The number of benzene rings is 2. The van der Waals surface area contributed by atoms with Gasteiger partial charge in [-0.1, -0.05) is 48.5 Å². The molecule has 3 amide bonds. The predicted octanol–water partition coefficient (Wildman–Crippen LogP) is 1.57. The second-order valence-electron chi connectivity index (χ2n) is 9.09. The number of fused-ring (bicyclic) bond motifs is 4. The molecule has 2 aromatic carbocycles. The van der Waals surface area contributed by atoms with Crippen molar-refractivity contribution in [3.63, 3.8) is 0 Å². The number of carboxylic acid groups (broad SMARTS) is 1. The summed E-state index contributed by atoms with van der Waals surface area (Å²) in [5, 5.41) is 14.2. The van der Waals surface area contributed by atoms with Gasteiger partial charge in [0.05, 0.1) is 12.0 Å². The zero-order valence-corrected chi connectivity index (χ0v) is 18.5. The fraction of sp³-hybridized carbons (Fsp3) is 0.360. The van der Waals surface area contributed by atoms with Crippen LogP contribution in [0, 0.1) is 11.3 Å². The van der Waals surface area contributed by atoms with Crippen molar-refractivity contribution in [2.45, 2.75) is 12.3 Å². The lowest BCUT2D eigenvalue weighted by molar-refractivity contribution is -0.144. The molecule has 2 aromatic rings. The highest BCUT2D eigenvalue weighted by Gasteiger charge is 2.66. The first-order valence-electron chi connectivity index (χ1n) is 11.3. The summed E-state index contributed by atoms with van der Waals surface area (Å²) in [6, 6.07) is 16.0. The van der Waals surface area contributed by atoms with Gasteiger partial charge < -0.3 is 25.4 Å². The quantitative estimate of drug-likeness (QED) is 0.573. The highest BCUT2D eigenvalue weighted by Crippen LogP contribution is 2.57. The summed E-state index contributed by atoms with van der Waals surface area (Å²) in [5.74, 6) is -1.81. The molecule has 2 aliphatic carbocycles. The van der Waals surface area contributed by atoms with Gasteiger partial charge in [0.25, 0.3) is 0 Å². The number of carbonyl (C=O) groups is 4. The fourth-order valence-electron chi connectivity index (χ4n) is 5.15. The van der Waals surface area contributed by atoms with Crippen LogP contribution in [0.25, 0.3) is 11.1 Å². The first-order valence-corrected chi connectivity index (χ1v) is 11.3. The molecule has 34 heavy (non-hydrogen) atoms. The molecule has 0 radical (unpaired) electrons. The first kappa shape index (κ1) is 21.9. The standard InChI is InChI=1S/C25H25N3O6/c29-21(26-11-22(30)28-12-15-9-25(15,14-28)23(31)32)10-27-24(33)34-13-20-18-7-3-1-5-16(18)17-6-2-4-8-19(17)20/h1-8,15,20H,9-14H2,(H,26,29)(H,27,33)(H,31,32). The molecule has 0 aromatic heterocycles. The number of piperidine rings is 1. The van der Waals surface area contributed by atoms with Gasteiger partial charge in [0, 0.05) is 19.0 Å². The predicted molar refractivity (Wildman–Crippen MR) is 121 cm³/mol. The maximum Gasteiger partial charge on any atom is 0.407 e. The highest BCUT2D eigenvalue weighted by atomic mass is 16.5. The van der Waals surface area contributed by atoms with E-state index in [2.05, 4.69) is 10.6 Å². The molecule has 9 heteroatoms. The molecule has 0 spiro atoms. The van der Waals surface area contributed by atoms with E-state index < -0.39 is 23.4 Å². The number of hydrogen-bond donors (Lipinski definition) is 3. The topological polar surface area (TPSA) is 125 Å². The maximum atomic E-state index is 12.3. The van der Waals surface area contributed by atoms with Crippen LogP contribution in [0.3, 0.4) is 0 Å². The van der Waals surface area contributed by atoms with Gasteiger partial charge in [0.15, 0.2) is 0 Å². The van der Waals surface area contributed by atoms with Crippen LogP contribution in [0.4, 0.5) is 4.79 Å². The number of carboxylic acids is 1. The van der Waals surface area contributed by atoms with E-state index in [4.69, 9.17) is 4.74 Å². The van der Waals surface area contributed by atoms with E-state index >= 15 is 0 Å². The second kappa shape index (κ2) is 8.48. The van der Waals surface area contributed by atoms with Crippen molar-refractivity contribution < 1.29 is 29.0 Å². The van der Waals surface area contributed by atoms with Gasteiger partial charge in [-0.25, -0.2) is 4.79 Å². The molecule has 1 heterocycles. The Morgan fingerprint density at radius 2 is 1.62 bits per heavy atom. The third kappa shape index (κ3) is 3.87. The summed E-state index contributed by atoms with van der Waals surface area (Å²) in [6.45, 7) is 0.152. The molecule has 1 saturated carbocycles. The molecule has 1 aliphatic heterocycles. The van der Waals surface area contributed by atoms with Crippen molar-refractivity contribution >= 4 is 23.9 Å². The number of alkyl carbamates (subject to hydrolysis) is 1. The summed E-state index contributed by atoms with van der Waals surface area (Å²) in [4.78, 5) is 49.3. The van der Waals surface area contributed by atoms with Gasteiger partial charge in [-0.15, -0.1) is 0 Å². The van der Waals surface area contributed by atoms with Crippen molar-refractivity contribution in [2.75, 3.05) is 32.8 Å². The number of carbonyl (C=O) groups excluding carboxylic acids is 3. The first-order chi connectivity index (χ1) is 16.4. The zero-order chi connectivity index (χ0) is 23.9. The molecule has 3 N–H and O–H groups in total. The van der Waals surface area contributed by atoms with Gasteiger partial charge in [-0.3, -0.25) is 14.4 Å². The van der Waals surface area contributed by atoms with Crippen LogP contribution >= 0.6 is 0 Å². The third-order valence-corrected chi connectivity index (χ3v) is 7.10. The smallest absolute Gasteiger partial charge is 0.407 e. The average molecular weight is 463 g/mol. The Bertz CT molecular complexity index is 1140. The number of ether oxygens (including phenoxy) is 1. The molecule has 0 bridgehead atoms. The van der Waals surface area contributed by atoms with Gasteiger partial charge in [0.1, 0.15) is 13.2 Å². The number of rotatable bonds is 7.